The lowest BCUT2D eigenvalue weighted by atomic mass is 9.92. The molecule has 5 nitrogen and oxygen atoms in total. The lowest BCUT2D eigenvalue weighted by Gasteiger charge is -2.36. The molecule has 0 spiro atoms. The van der Waals surface area contributed by atoms with E-state index in [2.05, 4.69) is 18.1 Å². The molecule has 1 aromatic heterocycles. The summed E-state index contributed by atoms with van der Waals surface area (Å²) >= 11 is 0. The first kappa shape index (κ1) is 14.8. The molecular formula is C17H21N3O2. The van der Waals surface area contributed by atoms with Crippen LogP contribution >= 0.6 is 0 Å². The Labute approximate surface area is 130 Å². The third-order valence-corrected chi connectivity index (χ3v) is 4.18. The van der Waals surface area contributed by atoms with E-state index in [9.17, 15) is 9.90 Å². The van der Waals surface area contributed by atoms with Crippen LogP contribution in [0.5, 0.6) is 0 Å². The Kier molecular flexibility index (Phi) is 4.24. The topological polar surface area (TPSA) is 58.4 Å². The van der Waals surface area contributed by atoms with Crippen molar-refractivity contribution < 1.29 is 9.90 Å². The van der Waals surface area contributed by atoms with Crippen molar-refractivity contribution in [3.05, 3.63) is 53.3 Å². The number of aliphatic hydroxyl groups excluding tert-OH is 1. The molecule has 116 valence electrons. The van der Waals surface area contributed by atoms with E-state index in [1.807, 2.05) is 18.2 Å². The number of amides is 1. The molecule has 2 aromatic rings. The van der Waals surface area contributed by atoms with Gasteiger partial charge in [0.25, 0.3) is 5.91 Å². The quantitative estimate of drug-likeness (QED) is 0.939. The van der Waals surface area contributed by atoms with Crippen LogP contribution < -0.4 is 0 Å². The van der Waals surface area contributed by atoms with Gasteiger partial charge in [-0.1, -0.05) is 31.2 Å². The number of hydrogen-bond donors (Lipinski definition) is 1. The van der Waals surface area contributed by atoms with Crippen LogP contribution in [-0.2, 0) is 13.0 Å². The second-order valence-electron chi connectivity index (χ2n) is 5.64. The van der Waals surface area contributed by atoms with Crippen molar-refractivity contribution in [1.29, 1.82) is 0 Å². The highest BCUT2D eigenvalue weighted by Crippen LogP contribution is 2.30. The van der Waals surface area contributed by atoms with Crippen molar-refractivity contribution in [2.24, 2.45) is 0 Å². The molecule has 0 saturated carbocycles. The zero-order chi connectivity index (χ0) is 15.5. The Morgan fingerprint density at radius 2 is 2.23 bits per heavy atom. The van der Waals surface area contributed by atoms with E-state index >= 15 is 0 Å². The first-order valence-corrected chi connectivity index (χ1v) is 7.76. The van der Waals surface area contributed by atoms with Crippen LogP contribution in [0.25, 0.3) is 0 Å². The second-order valence-corrected chi connectivity index (χ2v) is 5.64. The summed E-state index contributed by atoms with van der Waals surface area (Å²) in [5, 5.41) is 14.0. The summed E-state index contributed by atoms with van der Waals surface area (Å²) in [5.74, 6) is -0.0593. The smallest absolute Gasteiger partial charge is 0.257 e. The van der Waals surface area contributed by atoms with E-state index in [0.29, 0.717) is 12.1 Å². The molecule has 1 unspecified atom stereocenters. The number of aliphatic hydroxyl groups is 1. The molecule has 1 amide bonds. The molecule has 0 fully saturated rings. The molecule has 0 bridgehead atoms. The number of aromatic nitrogens is 2. The largest absolute Gasteiger partial charge is 0.394 e. The SMILES string of the molecule is CCCn1cc(C(=O)N2CCc3ccccc3C2CO)cn1. The number of carbonyl (C=O) groups excluding carboxylic acids is 1. The average Bonchev–Trinajstić information content (AvgIpc) is 3.02. The van der Waals surface area contributed by atoms with Crippen LogP contribution in [-0.4, -0.2) is 38.8 Å². The molecule has 22 heavy (non-hydrogen) atoms. The van der Waals surface area contributed by atoms with Gasteiger partial charge in [0.05, 0.1) is 24.4 Å². The fourth-order valence-electron chi connectivity index (χ4n) is 3.08. The normalized spacial score (nSPS) is 17.4. The van der Waals surface area contributed by atoms with Crippen LogP contribution in [0.1, 0.15) is 40.9 Å². The van der Waals surface area contributed by atoms with Crippen molar-refractivity contribution in [1.82, 2.24) is 14.7 Å². The third-order valence-electron chi connectivity index (χ3n) is 4.18. The molecule has 1 aliphatic rings. The van der Waals surface area contributed by atoms with E-state index < -0.39 is 0 Å². The maximum atomic E-state index is 12.8. The molecule has 2 heterocycles. The van der Waals surface area contributed by atoms with Gasteiger partial charge < -0.3 is 10.0 Å². The molecule has 5 heteroatoms. The molecule has 0 saturated heterocycles. The minimum atomic E-state index is -0.271. The highest BCUT2D eigenvalue weighted by atomic mass is 16.3. The van der Waals surface area contributed by atoms with Crippen molar-refractivity contribution in [3.63, 3.8) is 0 Å². The predicted octanol–water partition coefficient (Wildman–Crippen LogP) is 2.02. The fraction of sp³-hybridized carbons (Fsp3) is 0.412. The number of rotatable bonds is 4. The summed E-state index contributed by atoms with van der Waals surface area (Å²) in [6.07, 6.45) is 5.21. The lowest BCUT2D eigenvalue weighted by Crippen LogP contribution is -2.41. The Bertz CT molecular complexity index is 665. The van der Waals surface area contributed by atoms with Crippen LogP contribution in [0.3, 0.4) is 0 Å². The van der Waals surface area contributed by atoms with Crippen molar-refractivity contribution in [2.75, 3.05) is 13.2 Å². The van der Waals surface area contributed by atoms with Gasteiger partial charge in [-0.2, -0.15) is 5.10 Å². The monoisotopic (exact) mass is 299 g/mol. The van der Waals surface area contributed by atoms with E-state index in [0.717, 1.165) is 24.9 Å². The van der Waals surface area contributed by atoms with Gasteiger partial charge in [-0.3, -0.25) is 9.48 Å². The molecule has 3 rings (SSSR count). The first-order chi connectivity index (χ1) is 10.7. The van der Waals surface area contributed by atoms with Gasteiger partial charge in [-0.15, -0.1) is 0 Å². The van der Waals surface area contributed by atoms with E-state index in [4.69, 9.17) is 0 Å². The maximum Gasteiger partial charge on any atom is 0.257 e. The Morgan fingerprint density at radius 1 is 1.41 bits per heavy atom. The van der Waals surface area contributed by atoms with Crippen molar-refractivity contribution >= 4 is 5.91 Å². The van der Waals surface area contributed by atoms with Gasteiger partial charge in [0.2, 0.25) is 0 Å². The van der Waals surface area contributed by atoms with Gasteiger partial charge in [0.1, 0.15) is 0 Å². The van der Waals surface area contributed by atoms with Gasteiger partial charge in [0, 0.05) is 19.3 Å². The van der Waals surface area contributed by atoms with Gasteiger partial charge in [0.15, 0.2) is 0 Å². The van der Waals surface area contributed by atoms with Crippen LogP contribution in [0.4, 0.5) is 0 Å². The van der Waals surface area contributed by atoms with Gasteiger partial charge >= 0.3 is 0 Å². The fourth-order valence-corrected chi connectivity index (χ4v) is 3.08. The zero-order valence-electron chi connectivity index (χ0n) is 12.8. The van der Waals surface area contributed by atoms with E-state index in [-0.39, 0.29) is 18.6 Å². The highest BCUT2D eigenvalue weighted by Gasteiger charge is 2.31. The number of fused-ring (bicyclic) bond motifs is 1. The molecule has 0 radical (unpaired) electrons. The Balaban J connectivity index is 1.86. The highest BCUT2D eigenvalue weighted by molar-refractivity contribution is 5.94. The summed E-state index contributed by atoms with van der Waals surface area (Å²) in [7, 11) is 0. The number of nitrogens with zero attached hydrogens (tertiary/aromatic N) is 3. The molecule has 1 aliphatic heterocycles. The molecule has 0 aliphatic carbocycles. The second kappa shape index (κ2) is 6.32. The maximum absolute atomic E-state index is 12.8. The number of carbonyl (C=O) groups is 1. The van der Waals surface area contributed by atoms with Crippen LogP contribution in [0, 0.1) is 0 Å². The minimum absolute atomic E-state index is 0.0593. The average molecular weight is 299 g/mol. The Hall–Kier alpha value is -2.14. The van der Waals surface area contributed by atoms with E-state index in [1.54, 1.807) is 22.0 Å². The summed E-state index contributed by atoms with van der Waals surface area (Å²) in [6, 6.07) is 7.75. The number of hydrogen-bond acceptors (Lipinski definition) is 3. The summed E-state index contributed by atoms with van der Waals surface area (Å²) < 4.78 is 1.79. The van der Waals surface area contributed by atoms with Crippen LogP contribution in [0.15, 0.2) is 36.7 Å². The summed E-state index contributed by atoms with van der Waals surface area (Å²) in [4.78, 5) is 14.5. The van der Waals surface area contributed by atoms with Crippen molar-refractivity contribution in [2.45, 2.75) is 32.4 Å². The molecule has 1 atom stereocenters. The molecular weight excluding hydrogens is 278 g/mol. The first-order valence-electron chi connectivity index (χ1n) is 7.76. The zero-order valence-corrected chi connectivity index (χ0v) is 12.8. The van der Waals surface area contributed by atoms with Crippen LogP contribution in [0.2, 0.25) is 0 Å². The number of benzene rings is 1. The predicted molar refractivity (Wildman–Crippen MR) is 83.5 cm³/mol. The van der Waals surface area contributed by atoms with Gasteiger partial charge in [-0.25, -0.2) is 0 Å². The third kappa shape index (κ3) is 2.64. The van der Waals surface area contributed by atoms with Gasteiger partial charge in [-0.05, 0) is 24.0 Å². The summed E-state index contributed by atoms with van der Waals surface area (Å²) in [6.45, 7) is 3.44. The van der Waals surface area contributed by atoms with E-state index in [1.165, 1.54) is 5.56 Å². The summed E-state index contributed by atoms with van der Waals surface area (Å²) in [5.41, 5.74) is 2.85. The Morgan fingerprint density at radius 3 is 3.00 bits per heavy atom. The van der Waals surface area contributed by atoms with Crippen molar-refractivity contribution in [3.8, 4) is 0 Å². The number of aryl methyl sites for hydroxylation is 1. The minimum Gasteiger partial charge on any atom is -0.394 e. The molecule has 1 aromatic carbocycles. The lowest BCUT2D eigenvalue weighted by molar-refractivity contribution is 0.0568. The molecule has 1 N–H and O–H groups in total. The standard InChI is InChI=1S/C17H21N3O2/c1-2-8-19-11-14(10-18-19)17(22)20-9-7-13-5-3-4-6-15(13)16(20)12-21/h3-6,10-11,16,21H,2,7-9,12H2,1H3.